The molecule has 0 spiro atoms. The summed E-state index contributed by atoms with van der Waals surface area (Å²) in [5, 5.41) is 11.9. The van der Waals surface area contributed by atoms with Gasteiger partial charge in [-0.25, -0.2) is 0 Å². The van der Waals surface area contributed by atoms with Crippen LogP contribution in [-0.4, -0.2) is 47.3 Å². The number of hydrogen-bond acceptors (Lipinski definition) is 6. The molecular weight excluding hydrogens is 340 g/mol. The summed E-state index contributed by atoms with van der Waals surface area (Å²) in [7, 11) is 0. The number of aromatic nitrogens is 3. The van der Waals surface area contributed by atoms with E-state index in [2.05, 4.69) is 42.4 Å². The molecule has 0 unspecified atom stereocenters. The van der Waals surface area contributed by atoms with E-state index >= 15 is 0 Å². The number of rotatable bonds is 5. The van der Waals surface area contributed by atoms with E-state index in [9.17, 15) is 4.79 Å². The molecule has 2 saturated heterocycles. The Balaban J connectivity index is 1.26. The number of carbonyl (C=O) groups excluding carboxylic acids is 1. The van der Waals surface area contributed by atoms with Crippen molar-refractivity contribution < 1.29 is 4.79 Å². The lowest BCUT2D eigenvalue weighted by molar-refractivity contribution is -0.125. The van der Waals surface area contributed by atoms with Gasteiger partial charge in [-0.1, -0.05) is 6.07 Å². The molecule has 7 nitrogen and oxygen atoms in total. The van der Waals surface area contributed by atoms with Gasteiger partial charge < -0.3 is 15.1 Å². The van der Waals surface area contributed by atoms with Crippen LogP contribution in [0.15, 0.2) is 36.7 Å². The van der Waals surface area contributed by atoms with E-state index < -0.39 is 0 Å². The third kappa shape index (κ3) is 4.35. The van der Waals surface area contributed by atoms with Crippen molar-refractivity contribution in [2.24, 2.45) is 5.92 Å². The Morgan fingerprint density at radius 3 is 2.26 bits per heavy atom. The Bertz CT molecular complexity index is 737. The first-order valence-electron chi connectivity index (χ1n) is 9.80. The highest BCUT2D eigenvalue weighted by molar-refractivity contribution is 5.79. The Labute approximate surface area is 159 Å². The fourth-order valence-corrected chi connectivity index (χ4v) is 3.81. The average Bonchev–Trinajstić information content (AvgIpc) is 3.28. The highest BCUT2D eigenvalue weighted by atomic mass is 16.1. The van der Waals surface area contributed by atoms with Crippen LogP contribution in [0.5, 0.6) is 0 Å². The fraction of sp³-hybridized carbons (Fsp3) is 0.500. The van der Waals surface area contributed by atoms with Gasteiger partial charge in [-0.2, -0.15) is 0 Å². The lowest BCUT2D eigenvalue weighted by Gasteiger charge is -2.32. The number of nitrogens with one attached hydrogen (secondary N) is 1. The Hall–Kier alpha value is -2.70. The third-order valence-corrected chi connectivity index (χ3v) is 5.45. The highest BCUT2D eigenvalue weighted by Crippen LogP contribution is 2.23. The van der Waals surface area contributed by atoms with Crippen LogP contribution >= 0.6 is 0 Å². The standard InChI is InChI=1S/C20H26N6O/c27-20(22-15-16-4-3-9-21-14-16)17-7-12-26(13-8-17)19-6-5-18(23-24-19)25-10-1-2-11-25/h3-6,9,14,17H,1-2,7-8,10-13,15H2,(H,22,27). The highest BCUT2D eigenvalue weighted by Gasteiger charge is 2.26. The molecule has 2 aromatic rings. The molecular formula is C20H26N6O. The summed E-state index contributed by atoms with van der Waals surface area (Å²) in [5.41, 5.74) is 1.02. The van der Waals surface area contributed by atoms with Crippen molar-refractivity contribution in [1.29, 1.82) is 0 Å². The summed E-state index contributed by atoms with van der Waals surface area (Å²) in [6.07, 6.45) is 7.68. The summed E-state index contributed by atoms with van der Waals surface area (Å²) in [4.78, 5) is 21.0. The lowest BCUT2D eigenvalue weighted by atomic mass is 9.96. The lowest BCUT2D eigenvalue weighted by Crippen LogP contribution is -2.40. The van der Waals surface area contributed by atoms with Crippen LogP contribution in [-0.2, 0) is 11.3 Å². The smallest absolute Gasteiger partial charge is 0.223 e. The molecule has 0 saturated carbocycles. The van der Waals surface area contributed by atoms with Crippen LogP contribution < -0.4 is 15.1 Å². The van der Waals surface area contributed by atoms with E-state index in [1.807, 2.05) is 12.1 Å². The second kappa shape index (κ2) is 8.33. The predicted octanol–water partition coefficient (Wildman–Crippen LogP) is 2.00. The van der Waals surface area contributed by atoms with Crippen molar-refractivity contribution in [2.75, 3.05) is 36.0 Å². The van der Waals surface area contributed by atoms with Crippen LogP contribution in [0.25, 0.3) is 0 Å². The summed E-state index contributed by atoms with van der Waals surface area (Å²) in [6.45, 7) is 4.36. The van der Waals surface area contributed by atoms with Gasteiger partial charge in [-0.3, -0.25) is 9.78 Å². The van der Waals surface area contributed by atoms with Gasteiger partial charge in [0, 0.05) is 51.0 Å². The molecule has 142 valence electrons. The van der Waals surface area contributed by atoms with Gasteiger partial charge >= 0.3 is 0 Å². The summed E-state index contributed by atoms with van der Waals surface area (Å²) >= 11 is 0. The number of carbonyl (C=O) groups is 1. The number of piperidine rings is 1. The number of hydrogen-bond donors (Lipinski definition) is 1. The zero-order valence-electron chi connectivity index (χ0n) is 15.5. The monoisotopic (exact) mass is 366 g/mol. The zero-order chi connectivity index (χ0) is 18.5. The van der Waals surface area contributed by atoms with E-state index in [0.29, 0.717) is 6.54 Å². The van der Waals surface area contributed by atoms with Crippen molar-refractivity contribution >= 4 is 17.5 Å². The number of anilines is 2. The Morgan fingerprint density at radius 2 is 1.67 bits per heavy atom. The van der Waals surface area contributed by atoms with Gasteiger partial charge in [0.2, 0.25) is 5.91 Å². The van der Waals surface area contributed by atoms with E-state index in [1.165, 1.54) is 12.8 Å². The van der Waals surface area contributed by atoms with Gasteiger partial charge in [0.25, 0.3) is 0 Å². The predicted molar refractivity (Wildman–Crippen MR) is 104 cm³/mol. The first-order valence-corrected chi connectivity index (χ1v) is 9.80. The SMILES string of the molecule is O=C(NCc1cccnc1)C1CCN(c2ccc(N3CCCC3)nn2)CC1. The molecule has 0 aromatic carbocycles. The van der Waals surface area contributed by atoms with Gasteiger partial charge in [0.05, 0.1) is 0 Å². The molecule has 4 heterocycles. The maximum atomic E-state index is 12.4. The second-order valence-electron chi connectivity index (χ2n) is 7.28. The molecule has 4 rings (SSSR count). The molecule has 0 bridgehead atoms. The van der Waals surface area contributed by atoms with Crippen molar-refractivity contribution in [3.63, 3.8) is 0 Å². The summed E-state index contributed by atoms with van der Waals surface area (Å²) in [5.74, 6) is 2.08. The van der Waals surface area contributed by atoms with E-state index in [-0.39, 0.29) is 11.8 Å². The summed E-state index contributed by atoms with van der Waals surface area (Å²) in [6, 6.07) is 7.99. The number of amides is 1. The summed E-state index contributed by atoms with van der Waals surface area (Å²) < 4.78 is 0. The maximum absolute atomic E-state index is 12.4. The first-order chi connectivity index (χ1) is 13.3. The van der Waals surface area contributed by atoms with Crippen LogP contribution in [0.1, 0.15) is 31.2 Å². The second-order valence-corrected chi connectivity index (χ2v) is 7.28. The van der Waals surface area contributed by atoms with Crippen LogP contribution in [0.4, 0.5) is 11.6 Å². The minimum Gasteiger partial charge on any atom is -0.355 e. The van der Waals surface area contributed by atoms with Gasteiger partial charge in [0.15, 0.2) is 11.6 Å². The van der Waals surface area contributed by atoms with Crippen LogP contribution in [0, 0.1) is 5.92 Å². The fourth-order valence-electron chi connectivity index (χ4n) is 3.81. The Kier molecular flexibility index (Phi) is 5.46. The van der Waals surface area contributed by atoms with Crippen molar-refractivity contribution in [3.8, 4) is 0 Å². The number of pyridine rings is 1. The molecule has 2 aliphatic rings. The molecule has 2 aromatic heterocycles. The number of nitrogens with zero attached hydrogens (tertiary/aromatic N) is 5. The molecule has 0 radical (unpaired) electrons. The molecule has 27 heavy (non-hydrogen) atoms. The topological polar surface area (TPSA) is 74.2 Å². The van der Waals surface area contributed by atoms with E-state index in [0.717, 1.165) is 56.2 Å². The average molecular weight is 366 g/mol. The van der Waals surface area contributed by atoms with Gasteiger partial charge in [-0.15, -0.1) is 10.2 Å². The molecule has 0 atom stereocenters. The van der Waals surface area contributed by atoms with E-state index in [1.54, 1.807) is 12.4 Å². The molecule has 7 heteroatoms. The first kappa shape index (κ1) is 17.7. The molecule has 0 aliphatic carbocycles. The molecule has 2 fully saturated rings. The minimum atomic E-state index is 0.0646. The van der Waals surface area contributed by atoms with Gasteiger partial charge in [0.1, 0.15) is 0 Å². The van der Waals surface area contributed by atoms with Crippen molar-refractivity contribution in [1.82, 2.24) is 20.5 Å². The van der Waals surface area contributed by atoms with Crippen LogP contribution in [0.2, 0.25) is 0 Å². The van der Waals surface area contributed by atoms with Crippen molar-refractivity contribution in [3.05, 3.63) is 42.2 Å². The third-order valence-electron chi connectivity index (χ3n) is 5.45. The van der Waals surface area contributed by atoms with Crippen LogP contribution in [0.3, 0.4) is 0 Å². The van der Waals surface area contributed by atoms with Gasteiger partial charge in [-0.05, 0) is 49.4 Å². The molecule has 2 aliphatic heterocycles. The Morgan fingerprint density at radius 1 is 1.00 bits per heavy atom. The molecule has 1 N–H and O–H groups in total. The zero-order valence-corrected chi connectivity index (χ0v) is 15.5. The van der Waals surface area contributed by atoms with E-state index in [4.69, 9.17) is 0 Å². The largest absolute Gasteiger partial charge is 0.355 e. The molecule has 1 amide bonds. The maximum Gasteiger partial charge on any atom is 0.223 e. The minimum absolute atomic E-state index is 0.0646. The quantitative estimate of drug-likeness (QED) is 0.873. The normalized spacial score (nSPS) is 17.9. The van der Waals surface area contributed by atoms with Crippen molar-refractivity contribution in [2.45, 2.75) is 32.2 Å².